The number of hydrogen-bond donors (Lipinski definition) is 4. The van der Waals surface area contributed by atoms with Crippen LogP contribution in [0.15, 0.2) is 134 Å². The number of aliphatic carboxylic acids is 1. The van der Waals surface area contributed by atoms with Gasteiger partial charge in [-0.25, -0.2) is 9.36 Å². The number of carbonyl (C=O) groups is 3. The van der Waals surface area contributed by atoms with Gasteiger partial charge in [-0.1, -0.05) is 154 Å². The fourth-order valence-corrected chi connectivity index (χ4v) is 5.84. The SMILES string of the molecule is CC/C=C\C/C=C\C/C=C\C/C=C\C/C=C\C/C=C\CCC(=O)NC(COP(=O)(O)OCC(O)COC(=O)CCCCC/C=C\C/C=C\C/C=C\C/C=C\C/C=C\CC)C(=O)O. The van der Waals surface area contributed by atoms with E-state index in [-0.39, 0.29) is 12.8 Å². The second-order valence-corrected chi connectivity index (χ2v) is 15.6. The van der Waals surface area contributed by atoms with Gasteiger partial charge in [-0.15, -0.1) is 0 Å². The van der Waals surface area contributed by atoms with Crippen molar-refractivity contribution in [3.8, 4) is 0 Å². The van der Waals surface area contributed by atoms with Crippen LogP contribution < -0.4 is 5.32 Å². The lowest BCUT2D eigenvalue weighted by Gasteiger charge is -2.18. The molecule has 0 aromatic carbocycles. The Labute approximate surface area is 372 Å². The largest absolute Gasteiger partial charge is 0.480 e. The second kappa shape index (κ2) is 43.3. The predicted molar refractivity (Wildman–Crippen MR) is 253 cm³/mol. The average Bonchev–Trinajstić information content (AvgIpc) is 3.25. The molecule has 1 amide bonds. The van der Waals surface area contributed by atoms with Gasteiger partial charge in [-0.2, -0.15) is 0 Å². The summed E-state index contributed by atoms with van der Waals surface area (Å²) in [5.74, 6) is -2.55. The number of unbranched alkanes of at least 4 members (excludes halogenated alkanes) is 3. The Bertz CT molecular complexity index is 1550. The van der Waals surface area contributed by atoms with Crippen molar-refractivity contribution in [1.82, 2.24) is 5.32 Å². The quantitative estimate of drug-likeness (QED) is 0.0202. The summed E-state index contributed by atoms with van der Waals surface area (Å²) in [6.07, 6.45) is 59.2. The van der Waals surface area contributed by atoms with Crippen LogP contribution in [-0.4, -0.2) is 64.9 Å². The van der Waals surface area contributed by atoms with Crippen LogP contribution in [0.3, 0.4) is 0 Å². The summed E-state index contributed by atoms with van der Waals surface area (Å²) < 4.78 is 26.8. The number of allylic oxidation sites excluding steroid dienone is 22. The van der Waals surface area contributed by atoms with E-state index >= 15 is 0 Å². The lowest BCUT2D eigenvalue weighted by molar-refractivity contribution is -0.147. The van der Waals surface area contributed by atoms with Gasteiger partial charge in [0.2, 0.25) is 5.91 Å². The van der Waals surface area contributed by atoms with Gasteiger partial charge >= 0.3 is 19.8 Å². The molecule has 0 aliphatic rings. The number of amides is 1. The summed E-state index contributed by atoms with van der Waals surface area (Å²) in [7, 11) is -4.80. The van der Waals surface area contributed by atoms with Gasteiger partial charge in [0.1, 0.15) is 12.7 Å². The van der Waals surface area contributed by atoms with Crippen molar-refractivity contribution >= 4 is 25.7 Å². The number of carboxylic acids is 1. The molecule has 12 heteroatoms. The van der Waals surface area contributed by atoms with Gasteiger partial charge in [-0.3, -0.25) is 18.6 Å². The molecule has 0 spiro atoms. The molecule has 11 nitrogen and oxygen atoms in total. The summed E-state index contributed by atoms with van der Waals surface area (Å²) >= 11 is 0. The Morgan fingerprint density at radius 1 is 0.516 bits per heavy atom. The van der Waals surface area contributed by atoms with Crippen molar-refractivity contribution in [3.05, 3.63) is 134 Å². The number of rotatable bonds is 39. The first-order valence-electron chi connectivity index (χ1n) is 22.2. The molecule has 0 aliphatic carbocycles. The molecule has 0 fully saturated rings. The zero-order valence-corrected chi connectivity index (χ0v) is 38.2. The van der Waals surface area contributed by atoms with E-state index in [1.807, 2.05) is 18.2 Å². The van der Waals surface area contributed by atoms with Gasteiger partial charge in [-0.05, 0) is 96.3 Å². The first-order chi connectivity index (χ1) is 30.1. The number of ether oxygens (including phenoxy) is 1. The molecule has 0 aliphatic heterocycles. The Balaban J connectivity index is 4.08. The standard InChI is InChI=1S/C50H76NO10P/c1-3-5-7-9-11-13-15-17-19-21-23-25-27-29-31-33-35-37-39-41-48(53)51-47(50(55)56)45-61-62(57,58)60-44-46(52)43-59-49(54)42-40-38-36-34-32-30-28-26-24-22-20-18-16-14-12-10-8-6-4-2/h5-8,11-14,17-20,23-26,29-32,35,37,46-47,52H,3-4,9-10,15-16,21-22,27-28,33-34,36,38-45H2,1-2H3,(H,51,53)(H,55,56)(H,57,58)/b7-5-,8-6-,13-11-,14-12-,19-17-,20-18-,25-23-,26-24-,31-29-,32-30-,37-35-. The fraction of sp³-hybridized carbons (Fsp3) is 0.500. The highest BCUT2D eigenvalue weighted by atomic mass is 31.2. The fourth-order valence-electron chi connectivity index (χ4n) is 5.07. The molecule has 0 aromatic heterocycles. The van der Waals surface area contributed by atoms with E-state index in [0.29, 0.717) is 19.3 Å². The number of aliphatic hydroxyl groups is 1. The number of nitrogens with one attached hydrogen (secondary N) is 1. The monoisotopic (exact) mass is 882 g/mol. The van der Waals surface area contributed by atoms with Crippen LogP contribution in [0.5, 0.6) is 0 Å². The molecule has 0 rings (SSSR count). The van der Waals surface area contributed by atoms with E-state index in [9.17, 15) is 34.1 Å². The summed E-state index contributed by atoms with van der Waals surface area (Å²) in [6.45, 7) is 2.25. The Morgan fingerprint density at radius 2 is 0.903 bits per heavy atom. The number of carbonyl (C=O) groups excluding carboxylic acids is 2. The van der Waals surface area contributed by atoms with Gasteiger partial charge in [0.25, 0.3) is 0 Å². The minimum Gasteiger partial charge on any atom is -0.480 e. The lowest BCUT2D eigenvalue weighted by atomic mass is 10.1. The smallest absolute Gasteiger partial charge is 0.472 e. The van der Waals surface area contributed by atoms with E-state index < -0.39 is 57.6 Å². The second-order valence-electron chi connectivity index (χ2n) is 14.1. The number of hydrogen-bond acceptors (Lipinski definition) is 8. The number of phosphoric acid groups is 1. The zero-order chi connectivity index (χ0) is 45.6. The molecule has 0 bridgehead atoms. The van der Waals surface area contributed by atoms with Gasteiger partial charge in [0, 0.05) is 12.8 Å². The molecule has 3 unspecified atom stereocenters. The Hall–Kier alpha value is -4.38. The van der Waals surface area contributed by atoms with Gasteiger partial charge < -0.3 is 25.2 Å². The molecule has 62 heavy (non-hydrogen) atoms. The minimum atomic E-state index is -4.80. The molecule has 346 valence electrons. The third-order valence-electron chi connectivity index (χ3n) is 8.45. The molecule has 0 aromatic rings. The molecular weight excluding hydrogens is 806 g/mol. The number of esters is 1. The third kappa shape index (κ3) is 42.3. The summed E-state index contributed by atoms with van der Waals surface area (Å²) in [6, 6.07) is -1.60. The zero-order valence-electron chi connectivity index (χ0n) is 37.4. The van der Waals surface area contributed by atoms with Crippen LogP contribution in [-0.2, 0) is 32.7 Å². The first kappa shape index (κ1) is 57.6. The average molecular weight is 882 g/mol. The van der Waals surface area contributed by atoms with Crippen LogP contribution in [0.25, 0.3) is 0 Å². The molecule has 3 atom stereocenters. The Kier molecular flexibility index (Phi) is 40.2. The van der Waals surface area contributed by atoms with Crippen molar-refractivity contribution in [2.75, 3.05) is 19.8 Å². The third-order valence-corrected chi connectivity index (χ3v) is 9.40. The highest BCUT2D eigenvalue weighted by Crippen LogP contribution is 2.43. The molecule has 0 heterocycles. The maximum absolute atomic E-state index is 12.3. The first-order valence-corrected chi connectivity index (χ1v) is 23.7. The van der Waals surface area contributed by atoms with Crippen molar-refractivity contribution in [3.63, 3.8) is 0 Å². The number of carboxylic acid groups (broad SMARTS) is 1. The van der Waals surface area contributed by atoms with E-state index in [1.165, 1.54) is 0 Å². The summed E-state index contributed by atoms with van der Waals surface area (Å²) in [4.78, 5) is 45.9. The van der Waals surface area contributed by atoms with Crippen molar-refractivity contribution in [2.45, 2.75) is 142 Å². The molecular formula is C50H76NO10P. The molecule has 0 saturated heterocycles. The normalized spacial score (nSPS) is 14.9. The molecule has 0 saturated carbocycles. The summed E-state index contributed by atoms with van der Waals surface area (Å²) in [5.41, 5.74) is 0. The van der Waals surface area contributed by atoms with Crippen LogP contribution >= 0.6 is 7.82 Å². The highest BCUT2D eigenvalue weighted by molar-refractivity contribution is 7.47. The topological polar surface area (TPSA) is 169 Å². The maximum Gasteiger partial charge on any atom is 0.472 e. The van der Waals surface area contributed by atoms with E-state index in [2.05, 4.69) is 135 Å². The van der Waals surface area contributed by atoms with E-state index in [4.69, 9.17) is 13.8 Å². The number of phosphoric ester groups is 1. The Morgan fingerprint density at radius 3 is 1.32 bits per heavy atom. The van der Waals surface area contributed by atoms with Crippen molar-refractivity contribution in [1.29, 1.82) is 0 Å². The van der Waals surface area contributed by atoms with Gasteiger partial charge in [0.05, 0.1) is 13.2 Å². The maximum atomic E-state index is 12.3. The van der Waals surface area contributed by atoms with Crippen molar-refractivity contribution < 1.29 is 47.8 Å². The van der Waals surface area contributed by atoms with Crippen LogP contribution in [0.1, 0.15) is 129 Å². The summed E-state index contributed by atoms with van der Waals surface area (Å²) in [5, 5.41) is 21.8. The van der Waals surface area contributed by atoms with E-state index in [1.54, 1.807) is 0 Å². The minimum absolute atomic E-state index is 0.00917. The van der Waals surface area contributed by atoms with Crippen LogP contribution in [0.2, 0.25) is 0 Å². The predicted octanol–water partition coefficient (Wildman–Crippen LogP) is 11.8. The van der Waals surface area contributed by atoms with Crippen molar-refractivity contribution in [2.24, 2.45) is 0 Å². The molecule has 4 N–H and O–H groups in total. The van der Waals surface area contributed by atoms with Crippen LogP contribution in [0.4, 0.5) is 0 Å². The number of aliphatic hydroxyl groups excluding tert-OH is 1. The van der Waals surface area contributed by atoms with E-state index in [0.717, 1.165) is 83.5 Å². The van der Waals surface area contributed by atoms with Crippen LogP contribution in [0, 0.1) is 0 Å². The van der Waals surface area contributed by atoms with Gasteiger partial charge in [0.15, 0.2) is 6.04 Å². The lowest BCUT2D eigenvalue weighted by Crippen LogP contribution is -2.43. The molecule has 0 radical (unpaired) electrons. The highest BCUT2D eigenvalue weighted by Gasteiger charge is 2.28.